The fraction of sp³-hybridized carbons (Fsp3) is 0.0769. The molecule has 2 aromatic rings. The minimum atomic E-state index is -0.568. The van der Waals surface area contributed by atoms with E-state index in [-0.39, 0.29) is 10.7 Å². The van der Waals surface area contributed by atoms with Crippen LogP contribution < -0.4 is 5.73 Å². The van der Waals surface area contributed by atoms with Crippen LogP contribution in [0.3, 0.4) is 0 Å². The maximum absolute atomic E-state index is 11.4. The van der Waals surface area contributed by atoms with Gasteiger partial charge in [0.1, 0.15) is 5.15 Å². The number of benzene rings is 1. The fourth-order valence-electron chi connectivity index (χ4n) is 1.77. The van der Waals surface area contributed by atoms with Crippen LogP contribution in [0.4, 0.5) is 0 Å². The van der Waals surface area contributed by atoms with Crippen LogP contribution in [0, 0.1) is 6.92 Å². The standard InChI is InChI=1S/C13H11ClN2O/c1-8-4-2-3-5-9(8)10-6-7-16-12(14)11(10)13(15)17/h2-7H,1H3,(H2,15,17). The molecule has 1 amide bonds. The van der Waals surface area contributed by atoms with E-state index in [4.69, 9.17) is 17.3 Å². The number of aryl methyl sites for hydroxylation is 1. The number of aromatic nitrogens is 1. The second kappa shape index (κ2) is 4.55. The average molecular weight is 247 g/mol. The summed E-state index contributed by atoms with van der Waals surface area (Å²) in [4.78, 5) is 15.3. The fourth-order valence-corrected chi connectivity index (χ4v) is 2.02. The van der Waals surface area contributed by atoms with Crippen molar-refractivity contribution < 1.29 is 4.79 Å². The summed E-state index contributed by atoms with van der Waals surface area (Å²) in [5, 5.41) is 0.137. The first kappa shape index (κ1) is 11.6. The minimum Gasteiger partial charge on any atom is -0.365 e. The van der Waals surface area contributed by atoms with Gasteiger partial charge in [-0.1, -0.05) is 35.9 Å². The van der Waals surface area contributed by atoms with E-state index >= 15 is 0 Å². The van der Waals surface area contributed by atoms with Gasteiger partial charge in [0, 0.05) is 6.20 Å². The van der Waals surface area contributed by atoms with Gasteiger partial charge >= 0.3 is 0 Å². The zero-order valence-corrected chi connectivity index (χ0v) is 10.0. The Kier molecular flexibility index (Phi) is 3.11. The number of nitrogens with two attached hydrogens (primary N) is 1. The van der Waals surface area contributed by atoms with Crippen LogP contribution >= 0.6 is 11.6 Å². The normalized spacial score (nSPS) is 10.2. The second-order valence-electron chi connectivity index (χ2n) is 3.70. The molecule has 1 aromatic heterocycles. The van der Waals surface area contributed by atoms with Gasteiger partial charge in [-0.05, 0) is 29.7 Å². The molecular weight excluding hydrogens is 236 g/mol. The molecule has 0 aliphatic rings. The van der Waals surface area contributed by atoms with Gasteiger partial charge < -0.3 is 5.73 Å². The van der Waals surface area contributed by atoms with Crippen LogP contribution in [0.5, 0.6) is 0 Å². The highest BCUT2D eigenvalue weighted by atomic mass is 35.5. The molecule has 17 heavy (non-hydrogen) atoms. The van der Waals surface area contributed by atoms with Gasteiger partial charge in [-0.3, -0.25) is 4.79 Å². The number of amides is 1. The Hall–Kier alpha value is -1.87. The van der Waals surface area contributed by atoms with Crippen molar-refractivity contribution in [3.8, 4) is 11.1 Å². The van der Waals surface area contributed by atoms with Gasteiger partial charge in [0.05, 0.1) is 5.56 Å². The van der Waals surface area contributed by atoms with Gasteiger partial charge in [0.2, 0.25) is 0 Å². The molecule has 0 saturated carbocycles. The Morgan fingerprint density at radius 1 is 1.24 bits per heavy atom. The highest BCUT2D eigenvalue weighted by Crippen LogP contribution is 2.29. The molecule has 1 heterocycles. The van der Waals surface area contributed by atoms with E-state index in [1.807, 2.05) is 31.2 Å². The van der Waals surface area contributed by atoms with E-state index in [2.05, 4.69) is 4.98 Å². The van der Waals surface area contributed by atoms with Crippen molar-refractivity contribution in [3.05, 3.63) is 52.8 Å². The van der Waals surface area contributed by atoms with Crippen LogP contribution in [0.15, 0.2) is 36.5 Å². The lowest BCUT2D eigenvalue weighted by Gasteiger charge is -2.10. The van der Waals surface area contributed by atoms with E-state index in [1.54, 1.807) is 12.3 Å². The molecule has 0 unspecified atom stereocenters. The third kappa shape index (κ3) is 2.15. The SMILES string of the molecule is Cc1ccccc1-c1ccnc(Cl)c1C(N)=O. The lowest BCUT2D eigenvalue weighted by molar-refractivity contribution is 0.100. The van der Waals surface area contributed by atoms with Crippen LogP contribution in [0.2, 0.25) is 5.15 Å². The molecular formula is C13H11ClN2O. The van der Waals surface area contributed by atoms with Crippen molar-refractivity contribution in [1.29, 1.82) is 0 Å². The van der Waals surface area contributed by atoms with Gasteiger partial charge in [0.15, 0.2) is 0 Å². The van der Waals surface area contributed by atoms with Gasteiger partial charge in [-0.2, -0.15) is 0 Å². The van der Waals surface area contributed by atoms with Crippen molar-refractivity contribution >= 4 is 17.5 Å². The molecule has 0 radical (unpaired) electrons. The number of rotatable bonds is 2. The summed E-state index contributed by atoms with van der Waals surface area (Å²) in [7, 11) is 0. The highest BCUT2D eigenvalue weighted by molar-refractivity contribution is 6.33. The Morgan fingerprint density at radius 3 is 2.59 bits per heavy atom. The van der Waals surface area contributed by atoms with E-state index in [1.165, 1.54) is 0 Å². The molecule has 3 nitrogen and oxygen atoms in total. The Balaban J connectivity index is 2.72. The summed E-state index contributed by atoms with van der Waals surface area (Å²) >= 11 is 5.91. The first-order chi connectivity index (χ1) is 8.11. The summed E-state index contributed by atoms with van der Waals surface area (Å²) in [5.41, 5.74) is 8.31. The van der Waals surface area contributed by atoms with Crippen LogP contribution in [-0.2, 0) is 0 Å². The first-order valence-electron chi connectivity index (χ1n) is 5.11. The van der Waals surface area contributed by atoms with Crippen molar-refractivity contribution in [3.63, 3.8) is 0 Å². The maximum atomic E-state index is 11.4. The predicted molar refractivity (Wildman–Crippen MR) is 67.9 cm³/mol. The van der Waals surface area contributed by atoms with Crippen LogP contribution in [-0.4, -0.2) is 10.9 Å². The van der Waals surface area contributed by atoms with Gasteiger partial charge in [-0.25, -0.2) is 4.98 Å². The zero-order valence-electron chi connectivity index (χ0n) is 9.27. The molecule has 0 atom stereocenters. The Labute approximate surface area is 104 Å². The number of nitrogens with zero attached hydrogens (tertiary/aromatic N) is 1. The Bertz CT molecular complexity index is 581. The van der Waals surface area contributed by atoms with E-state index in [0.717, 1.165) is 16.7 Å². The van der Waals surface area contributed by atoms with Crippen molar-refractivity contribution in [2.75, 3.05) is 0 Å². The highest BCUT2D eigenvalue weighted by Gasteiger charge is 2.15. The molecule has 2 N–H and O–H groups in total. The number of primary amides is 1. The topological polar surface area (TPSA) is 56.0 Å². The Morgan fingerprint density at radius 2 is 1.94 bits per heavy atom. The lowest BCUT2D eigenvalue weighted by Crippen LogP contribution is -2.14. The first-order valence-corrected chi connectivity index (χ1v) is 5.49. The smallest absolute Gasteiger partial charge is 0.252 e. The molecule has 86 valence electrons. The molecule has 0 saturated heterocycles. The number of hydrogen-bond acceptors (Lipinski definition) is 2. The average Bonchev–Trinajstić information content (AvgIpc) is 2.28. The van der Waals surface area contributed by atoms with Crippen molar-refractivity contribution in [2.24, 2.45) is 5.73 Å². The summed E-state index contributed by atoms with van der Waals surface area (Å²) in [6.45, 7) is 1.97. The molecule has 4 heteroatoms. The quantitative estimate of drug-likeness (QED) is 0.829. The summed E-state index contributed by atoms with van der Waals surface area (Å²) in [5.74, 6) is -0.568. The number of pyridine rings is 1. The molecule has 0 spiro atoms. The monoisotopic (exact) mass is 246 g/mol. The summed E-state index contributed by atoms with van der Waals surface area (Å²) < 4.78 is 0. The third-order valence-corrected chi connectivity index (χ3v) is 2.87. The summed E-state index contributed by atoms with van der Waals surface area (Å²) in [6.07, 6.45) is 1.57. The lowest BCUT2D eigenvalue weighted by atomic mass is 9.97. The largest absolute Gasteiger partial charge is 0.365 e. The van der Waals surface area contributed by atoms with Crippen molar-refractivity contribution in [2.45, 2.75) is 6.92 Å². The summed E-state index contributed by atoms with van der Waals surface area (Å²) in [6, 6.07) is 9.48. The molecule has 0 fully saturated rings. The minimum absolute atomic E-state index is 0.137. The van der Waals surface area contributed by atoms with Gasteiger partial charge in [-0.15, -0.1) is 0 Å². The third-order valence-electron chi connectivity index (χ3n) is 2.59. The number of carbonyl (C=O) groups is 1. The molecule has 0 aliphatic heterocycles. The predicted octanol–water partition coefficient (Wildman–Crippen LogP) is 2.81. The number of carbonyl (C=O) groups excluding carboxylic acids is 1. The number of hydrogen-bond donors (Lipinski definition) is 1. The van der Waals surface area contributed by atoms with Crippen LogP contribution in [0.25, 0.3) is 11.1 Å². The van der Waals surface area contributed by atoms with E-state index in [9.17, 15) is 4.79 Å². The van der Waals surface area contributed by atoms with E-state index < -0.39 is 5.91 Å². The second-order valence-corrected chi connectivity index (χ2v) is 4.06. The molecule has 0 aliphatic carbocycles. The van der Waals surface area contributed by atoms with Crippen LogP contribution in [0.1, 0.15) is 15.9 Å². The maximum Gasteiger partial charge on any atom is 0.252 e. The van der Waals surface area contributed by atoms with Crippen molar-refractivity contribution in [1.82, 2.24) is 4.98 Å². The molecule has 2 rings (SSSR count). The van der Waals surface area contributed by atoms with E-state index in [0.29, 0.717) is 0 Å². The van der Waals surface area contributed by atoms with Gasteiger partial charge in [0.25, 0.3) is 5.91 Å². The zero-order chi connectivity index (χ0) is 12.4. The molecule has 1 aromatic carbocycles. The number of halogens is 1. The molecule has 0 bridgehead atoms.